The van der Waals surface area contributed by atoms with E-state index in [1.807, 2.05) is 49.4 Å². The van der Waals surface area contributed by atoms with Crippen molar-refractivity contribution in [3.63, 3.8) is 0 Å². The van der Waals surface area contributed by atoms with Crippen molar-refractivity contribution < 1.29 is 23.6 Å². The number of pyridine rings is 1. The quantitative estimate of drug-likeness (QED) is 0.607. The largest absolute Gasteiger partial charge is 0.453 e. The molecule has 0 aliphatic carbocycles. The van der Waals surface area contributed by atoms with Gasteiger partial charge in [-0.2, -0.15) is 5.26 Å². The number of rotatable bonds is 5. The van der Waals surface area contributed by atoms with E-state index in [0.717, 1.165) is 11.1 Å². The number of benzene rings is 2. The molecule has 2 aliphatic heterocycles. The number of aromatic nitrogens is 1. The molecule has 0 atom stereocenters. The average molecular weight is 400 g/mol. The third-order valence-electron chi connectivity index (χ3n) is 4.87. The third kappa shape index (κ3) is 3.74. The van der Waals surface area contributed by atoms with Crippen LogP contribution in [0.25, 0.3) is 0 Å². The van der Waals surface area contributed by atoms with Crippen LogP contribution in [0.3, 0.4) is 0 Å². The van der Waals surface area contributed by atoms with Crippen LogP contribution in [0.4, 0.5) is 0 Å². The van der Waals surface area contributed by atoms with E-state index in [1.54, 1.807) is 12.1 Å². The highest BCUT2D eigenvalue weighted by atomic mass is 16.9. The van der Waals surface area contributed by atoms with E-state index in [2.05, 4.69) is 4.98 Å². The van der Waals surface area contributed by atoms with Gasteiger partial charge in [0.2, 0.25) is 5.88 Å². The maximum atomic E-state index is 8.96. The Hall–Kier alpha value is -3.38. The lowest BCUT2D eigenvalue weighted by Crippen LogP contribution is -2.31. The first kappa shape index (κ1) is 18.6. The minimum Gasteiger partial charge on any atom is -0.453 e. The molecule has 7 nitrogen and oxygen atoms in total. The van der Waals surface area contributed by atoms with Crippen molar-refractivity contribution >= 4 is 12.9 Å². The van der Waals surface area contributed by atoms with Crippen molar-refractivity contribution in [2.24, 2.45) is 0 Å². The summed E-state index contributed by atoms with van der Waals surface area (Å²) in [5.74, 6) is 2.03. The third-order valence-corrected chi connectivity index (χ3v) is 4.87. The standard InChI is InChI=1S/C22H17BN2O5/c1-13-27-22(28-13)15-3-6-19(29-17-4-5-18-16(8-17)12-26-23-18)20(9-15)30-21-7-2-14(10-24)11-25-21/h2-9,11,13,22-23H,12H2,1H3. The highest BCUT2D eigenvalue weighted by Gasteiger charge is 2.29. The fourth-order valence-electron chi connectivity index (χ4n) is 3.31. The molecule has 0 amide bonds. The Morgan fingerprint density at radius 3 is 2.73 bits per heavy atom. The Labute approximate surface area is 174 Å². The topological polar surface area (TPSA) is 82.8 Å². The summed E-state index contributed by atoms with van der Waals surface area (Å²) in [7, 11) is 0.628. The molecule has 1 fully saturated rings. The molecule has 8 heteroatoms. The van der Waals surface area contributed by atoms with Crippen molar-refractivity contribution in [1.29, 1.82) is 5.26 Å². The van der Waals surface area contributed by atoms with Crippen LogP contribution in [0.15, 0.2) is 54.7 Å². The van der Waals surface area contributed by atoms with Crippen molar-refractivity contribution in [2.45, 2.75) is 26.1 Å². The second-order valence-corrected chi connectivity index (χ2v) is 7.00. The highest BCUT2D eigenvalue weighted by molar-refractivity contribution is 6.48. The molecule has 1 aromatic heterocycles. The van der Waals surface area contributed by atoms with E-state index in [0.29, 0.717) is 42.8 Å². The molecule has 0 unspecified atom stereocenters. The van der Waals surface area contributed by atoms with Crippen LogP contribution in [0.2, 0.25) is 0 Å². The SMILES string of the molecule is CC1OC(c2ccc(Oc3ccc4c(c3)COB4)c(Oc3ccc(C#N)cn3)c2)O1. The van der Waals surface area contributed by atoms with Crippen molar-refractivity contribution in [3.8, 4) is 29.2 Å². The van der Waals surface area contributed by atoms with Crippen LogP contribution < -0.4 is 14.9 Å². The first-order valence-electron chi connectivity index (χ1n) is 9.54. The predicted octanol–water partition coefficient (Wildman–Crippen LogP) is 3.44. The minimum absolute atomic E-state index is 0.232. The normalized spacial score (nSPS) is 19.2. The Kier molecular flexibility index (Phi) is 4.85. The van der Waals surface area contributed by atoms with Crippen LogP contribution >= 0.6 is 0 Å². The molecule has 30 heavy (non-hydrogen) atoms. The summed E-state index contributed by atoms with van der Waals surface area (Å²) >= 11 is 0. The summed E-state index contributed by atoms with van der Waals surface area (Å²) in [6.45, 7) is 2.42. The maximum Gasteiger partial charge on any atom is 0.309 e. The summed E-state index contributed by atoms with van der Waals surface area (Å²) < 4.78 is 28.7. The minimum atomic E-state index is -0.442. The zero-order valence-electron chi connectivity index (χ0n) is 16.2. The first-order valence-corrected chi connectivity index (χ1v) is 9.54. The van der Waals surface area contributed by atoms with E-state index in [9.17, 15) is 0 Å². The van der Waals surface area contributed by atoms with E-state index in [-0.39, 0.29) is 6.29 Å². The summed E-state index contributed by atoms with van der Waals surface area (Å²) in [6.07, 6.45) is 0.784. The maximum absolute atomic E-state index is 8.96. The smallest absolute Gasteiger partial charge is 0.309 e. The first-order chi connectivity index (χ1) is 14.7. The number of fused-ring (bicyclic) bond motifs is 1. The zero-order valence-corrected chi connectivity index (χ0v) is 16.2. The second kappa shape index (κ2) is 7.80. The van der Waals surface area contributed by atoms with Crippen LogP contribution in [0, 0.1) is 11.3 Å². The highest BCUT2D eigenvalue weighted by Crippen LogP contribution is 2.40. The van der Waals surface area contributed by atoms with Crippen molar-refractivity contribution in [2.75, 3.05) is 0 Å². The molecule has 0 spiro atoms. The fraction of sp³-hybridized carbons (Fsp3) is 0.182. The Bertz CT molecular complexity index is 1120. The molecule has 1 saturated heterocycles. The number of ether oxygens (including phenoxy) is 4. The van der Waals surface area contributed by atoms with Gasteiger partial charge in [0.05, 0.1) is 12.2 Å². The second-order valence-electron chi connectivity index (χ2n) is 7.00. The molecule has 0 radical (unpaired) electrons. The number of nitrogens with zero attached hydrogens (tertiary/aromatic N) is 2. The van der Waals surface area contributed by atoms with Gasteiger partial charge in [-0.25, -0.2) is 4.98 Å². The molecule has 148 valence electrons. The van der Waals surface area contributed by atoms with Gasteiger partial charge >= 0.3 is 7.48 Å². The number of nitriles is 1. The Morgan fingerprint density at radius 1 is 1.07 bits per heavy atom. The molecule has 2 aliphatic rings. The predicted molar refractivity (Wildman–Crippen MR) is 108 cm³/mol. The average Bonchev–Trinajstić information content (AvgIpc) is 3.21. The molecular weight excluding hydrogens is 383 g/mol. The summed E-state index contributed by atoms with van der Waals surface area (Å²) in [5, 5.41) is 8.96. The summed E-state index contributed by atoms with van der Waals surface area (Å²) in [5.41, 5.74) is 3.56. The molecule has 0 N–H and O–H groups in total. The monoisotopic (exact) mass is 400 g/mol. The van der Waals surface area contributed by atoms with Crippen LogP contribution in [0.5, 0.6) is 23.1 Å². The molecule has 0 bridgehead atoms. The van der Waals surface area contributed by atoms with Gasteiger partial charge in [-0.3, -0.25) is 0 Å². The van der Waals surface area contributed by atoms with Gasteiger partial charge in [0.15, 0.2) is 24.1 Å². The van der Waals surface area contributed by atoms with Gasteiger partial charge in [-0.05, 0) is 54.3 Å². The van der Waals surface area contributed by atoms with Crippen molar-refractivity contribution in [1.82, 2.24) is 4.98 Å². The van der Waals surface area contributed by atoms with Gasteiger partial charge in [0.25, 0.3) is 0 Å². The van der Waals surface area contributed by atoms with Crippen LogP contribution in [-0.4, -0.2) is 18.8 Å². The van der Waals surface area contributed by atoms with E-state index < -0.39 is 6.29 Å². The molecule has 3 aromatic rings. The van der Waals surface area contributed by atoms with Crippen LogP contribution in [0.1, 0.15) is 29.9 Å². The van der Waals surface area contributed by atoms with Crippen molar-refractivity contribution in [3.05, 3.63) is 71.4 Å². The summed E-state index contributed by atoms with van der Waals surface area (Å²) in [6, 6.07) is 16.7. The molecule has 0 saturated carbocycles. The number of hydrogen-bond acceptors (Lipinski definition) is 7. The molecule has 3 heterocycles. The Morgan fingerprint density at radius 2 is 1.97 bits per heavy atom. The molecule has 2 aromatic carbocycles. The lowest BCUT2D eigenvalue weighted by Gasteiger charge is -2.34. The lowest BCUT2D eigenvalue weighted by molar-refractivity contribution is -0.382. The van der Waals surface area contributed by atoms with Gasteiger partial charge in [0.1, 0.15) is 11.8 Å². The fourth-order valence-corrected chi connectivity index (χ4v) is 3.31. The zero-order chi connectivity index (χ0) is 20.5. The Balaban J connectivity index is 1.45. The summed E-state index contributed by atoms with van der Waals surface area (Å²) in [4.78, 5) is 4.18. The van der Waals surface area contributed by atoms with Gasteiger partial charge in [-0.1, -0.05) is 6.07 Å². The van der Waals surface area contributed by atoms with E-state index in [1.165, 1.54) is 11.7 Å². The van der Waals surface area contributed by atoms with Gasteiger partial charge in [0, 0.05) is 17.8 Å². The van der Waals surface area contributed by atoms with Gasteiger partial charge < -0.3 is 23.6 Å². The van der Waals surface area contributed by atoms with Crippen LogP contribution in [-0.2, 0) is 20.7 Å². The van der Waals surface area contributed by atoms with E-state index in [4.69, 9.17) is 28.9 Å². The lowest BCUT2D eigenvalue weighted by atomic mass is 9.87. The van der Waals surface area contributed by atoms with Gasteiger partial charge in [-0.15, -0.1) is 0 Å². The number of hydrogen-bond donors (Lipinski definition) is 0. The molecular formula is C22H17BN2O5. The van der Waals surface area contributed by atoms with E-state index >= 15 is 0 Å². The molecule has 5 rings (SSSR count).